The van der Waals surface area contributed by atoms with Gasteiger partial charge in [-0.2, -0.15) is 0 Å². The van der Waals surface area contributed by atoms with E-state index in [4.69, 9.17) is 11.6 Å². The van der Waals surface area contributed by atoms with Crippen molar-refractivity contribution in [3.63, 3.8) is 0 Å². The van der Waals surface area contributed by atoms with Crippen LogP contribution in [0.2, 0.25) is 0 Å². The number of alkyl halides is 1. The van der Waals surface area contributed by atoms with Gasteiger partial charge in [0, 0.05) is 30.9 Å². The van der Waals surface area contributed by atoms with Gasteiger partial charge in [0.05, 0.1) is 0 Å². The van der Waals surface area contributed by atoms with E-state index in [1.807, 2.05) is 12.4 Å². The summed E-state index contributed by atoms with van der Waals surface area (Å²) in [5, 5.41) is 3.77. The first-order valence-corrected chi connectivity index (χ1v) is 5.62. The maximum Gasteiger partial charge on any atom is 0.202 e. The third-order valence-electron chi connectivity index (χ3n) is 2.78. The first kappa shape index (κ1) is 9.84. The fourth-order valence-electron chi connectivity index (χ4n) is 1.79. The van der Waals surface area contributed by atoms with Gasteiger partial charge in [-0.15, -0.1) is 11.6 Å². The van der Waals surface area contributed by atoms with E-state index in [0.29, 0.717) is 5.38 Å². The predicted octanol–water partition coefficient (Wildman–Crippen LogP) is 2.33. The van der Waals surface area contributed by atoms with Crippen LogP contribution in [0.4, 0.5) is 5.95 Å². The first-order valence-electron chi connectivity index (χ1n) is 5.18. The number of nitrogens with zero attached hydrogens (tertiary/aromatic N) is 2. The highest BCUT2D eigenvalue weighted by Crippen LogP contribution is 2.31. The Morgan fingerprint density at radius 1 is 1.64 bits per heavy atom. The van der Waals surface area contributed by atoms with E-state index < -0.39 is 0 Å². The lowest BCUT2D eigenvalue weighted by atomic mass is 9.85. The van der Waals surface area contributed by atoms with Crippen molar-refractivity contribution in [3.05, 3.63) is 12.4 Å². The Labute approximate surface area is 89.5 Å². The molecule has 2 rings (SSSR count). The molecule has 3 nitrogen and oxygen atoms in total. The number of aryl methyl sites for hydroxylation is 1. The molecule has 0 spiro atoms. The summed E-state index contributed by atoms with van der Waals surface area (Å²) in [6, 6.07) is 0. The largest absolute Gasteiger partial charge is 0.355 e. The average Bonchev–Trinajstić information content (AvgIpc) is 2.57. The average molecular weight is 214 g/mol. The third kappa shape index (κ3) is 2.03. The summed E-state index contributed by atoms with van der Waals surface area (Å²) in [7, 11) is 0. The standard InChI is InChI=1S/C10H16ClN3/c1-2-14-4-3-12-10(14)13-7-8-5-9(11)6-8/h3-4,8-9H,2,5-7H2,1H3,(H,12,13). The molecule has 1 saturated carbocycles. The molecule has 0 bridgehead atoms. The lowest BCUT2D eigenvalue weighted by molar-refractivity contribution is 0.340. The molecule has 14 heavy (non-hydrogen) atoms. The molecule has 0 radical (unpaired) electrons. The molecule has 0 unspecified atom stereocenters. The van der Waals surface area contributed by atoms with Gasteiger partial charge in [0.15, 0.2) is 0 Å². The van der Waals surface area contributed by atoms with Gasteiger partial charge in [-0.3, -0.25) is 0 Å². The molecule has 0 aliphatic heterocycles. The van der Waals surface area contributed by atoms with Crippen molar-refractivity contribution >= 4 is 17.5 Å². The minimum Gasteiger partial charge on any atom is -0.355 e. The zero-order valence-electron chi connectivity index (χ0n) is 8.41. The van der Waals surface area contributed by atoms with E-state index in [2.05, 4.69) is 21.8 Å². The monoisotopic (exact) mass is 213 g/mol. The fraction of sp³-hybridized carbons (Fsp3) is 0.700. The summed E-state index contributed by atoms with van der Waals surface area (Å²) in [5.74, 6) is 1.71. The van der Waals surface area contributed by atoms with Crippen molar-refractivity contribution in [2.45, 2.75) is 31.7 Å². The van der Waals surface area contributed by atoms with Crippen molar-refractivity contribution in [1.29, 1.82) is 0 Å². The minimum absolute atomic E-state index is 0.410. The first-order chi connectivity index (χ1) is 6.79. The highest BCUT2D eigenvalue weighted by Gasteiger charge is 2.26. The zero-order valence-corrected chi connectivity index (χ0v) is 9.17. The molecule has 1 fully saturated rings. The van der Waals surface area contributed by atoms with Crippen molar-refractivity contribution in [2.75, 3.05) is 11.9 Å². The van der Waals surface area contributed by atoms with E-state index in [9.17, 15) is 0 Å². The Hall–Kier alpha value is -0.700. The Morgan fingerprint density at radius 2 is 2.43 bits per heavy atom. The van der Waals surface area contributed by atoms with E-state index in [1.54, 1.807) is 0 Å². The van der Waals surface area contributed by atoms with Crippen molar-refractivity contribution < 1.29 is 0 Å². The van der Waals surface area contributed by atoms with Crippen molar-refractivity contribution in [3.8, 4) is 0 Å². The van der Waals surface area contributed by atoms with Gasteiger partial charge in [0.25, 0.3) is 0 Å². The maximum absolute atomic E-state index is 5.91. The second kappa shape index (κ2) is 4.22. The summed E-state index contributed by atoms with van der Waals surface area (Å²) in [6.07, 6.45) is 6.10. The number of imidazole rings is 1. The number of hydrogen-bond acceptors (Lipinski definition) is 2. The molecule has 1 aliphatic rings. The van der Waals surface area contributed by atoms with Crippen LogP contribution < -0.4 is 5.32 Å². The van der Waals surface area contributed by atoms with Gasteiger partial charge in [-0.05, 0) is 25.7 Å². The van der Waals surface area contributed by atoms with Crippen molar-refractivity contribution in [1.82, 2.24) is 9.55 Å². The van der Waals surface area contributed by atoms with E-state index >= 15 is 0 Å². The highest BCUT2D eigenvalue weighted by molar-refractivity contribution is 6.21. The SMILES string of the molecule is CCn1ccnc1NCC1CC(Cl)C1. The fourth-order valence-corrected chi connectivity index (χ4v) is 2.29. The smallest absolute Gasteiger partial charge is 0.202 e. The highest BCUT2D eigenvalue weighted by atomic mass is 35.5. The molecule has 4 heteroatoms. The number of aromatic nitrogens is 2. The maximum atomic E-state index is 5.91. The molecule has 78 valence electrons. The molecule has 0 amide bonds. The third-order valence-corrected chi connectivity index (χ3v) is 3.14. The van der Waals surface area contributed by atoms with Crippen molar-refractivity contribution in [2.24, 2.45) is 5.92 Å². The lowest BCUT2D eigenvalue weighted by Gasteiger charge is -2.31. The van der Waals surface area contributed by atoms with Gasteiger partial charge >= 0.3 is 0 Å². The molecule has 0 saturated heterocycles. The summed E-state index contributed by atoms with van der Waals surface area (Å²) in [5.41, 5.74) is 0. The molecule has 0 atom stereocenters. The summed E-state index contributed by atoms with van der Waals surface area (Å²) in [6.45, 7) is 4.08. The van der Waals surface area contributed by atoms with Gasteiger partial charge in [0.2, 0.25) is 5.95 Å². The molecular weight excluding hydrogens is 198 g/mol. The Morgan fingerprint density at radius 3 is 3.07 bits per heavy atom. The molecule has 1 heterocycles. The zero-order chi connectivity index (χ0) is 9.97. The minimum atomic E-state index is 0.410. The number of rotatable bonds is 4. The molecule has 1 aromatic heterocycles. The van der Waals surface area contributed by atoms with Crippen LogP contribution in [-0.4, -0.2) is 21.5 Å². The number of hydrogen-bond donors (Lipinski definition) is 1. The van der Waals surface area contributed by atoms with Crippen LogP contribution in [0.25, 0.3) is 0 Å². The quantitative estimate of drug-likeness (QED) is 0.779. The lowest BCUT2D eigenvalue weighted by Crippen LogP contribution is -2.30. The summed E-state index contributed by atoms with van der Waals surface area (Å²) in [4.78, 5) is 4.26. The Kier molecular flexibility index (Phi) is 2.96. The second-order valence-electron chi connectivity index (χ2n) is 3.85. The van der Waals surface area contributed by atoms with Crippen LogP contribution in [0.15, 0.2) is 12.4 Å². The Bertz CT molecular complexity index is 291. The summed E-state index contributed by atoms with van der Waals surface area (Å²) < 4.78 is 2.11. The number of halogens is 1. The molecule has 1 aliphatic carbocycles. The van der Waals surface area contributed by atoms with Crippen LogP contribution in [-0.2, 0) is 6.54 Å². The van der Waals surface area contributed by atoms with Crippen LogP contribution in [0.5, 0.6) is 0 Å². The molecule has 1 N–H and O–H groups in total. The van der Waals surface area contributed by atoms with E-state index in [0.717, 1.165) is 37.8 Å². The van der Waals surface area contributed by atoms with Crippen LogP contribution in [0, 0.1) is 5.92 Å². The molecule has 1 aromatic rings. The topological polar surface area (TPSA) is 29.9 Å². The van der Waals surface area contributed by atoms with Crippen LogP contribution in [0.3, 0.4) is 0 Å². The Balaban J connectivity index is 1.80. The molecular formula is C10H16ClN3. The van der Waals surface area contributed by atoms with Crippen LogP contribution >= 0.6 is 11.6 Å². The van der Waals surface area contributed by atoms with E-state index in [1.165, 1.54) is 0 Å². The normalized spacial score (nSPS) is 25.9. The van der Waals surface area contributed by atoms with Gasteiger partial charge in [0.1, 0.15) is 0 Å². The van der Waals surface area contributed by atoms with Gasteiger partial charge in [-0.1, -0.05) is 0 Å². The number of anilines is 1. The van der Waals surface area contributed by atoms with Crippen LogP contribution in [0.1, 0.15) is 19.8 Å². The van der Waals surface area contributed by atoms with E-state index in [-0.39, 0.29) is 0 Å². The second-order valence-corrected chi connectivity index (χ2v) is 4.47. The summed E-state index contributed by atoms with van der Waals surface area (Å²) >= 11 is 5.91. The van der Waals surface area contributed by atoms with Gasteiger partial charge < -0.3 is 9.88 Å². The predicted molar refractivity (Wildman–Crippen MR) is 58.8 cm³/mol. The van der Waals surface area contributed by atoms with Gasteiger partial charge in [-0.25, -0.2) is 4.98 Å². The molecule has 0 aromatic carbocycles. The number of nitrogens with one attached hydrogen (secondary N) is 1.